The predicted molar refractivity (Wildman–Crippen MR) is 114 cm³/mol. The molecule has 0 aromatic heterocycles. The predicted octanol–water partition coefficient (Wildman–Crippen LogP) is 5.06. The molecule has 0 unspecified atom stereocenters. The molecule has 6 heteroatoms. The number of amides is 2. The number of hydrogen-bond acceptors (Lipinski definition) is 3. The molecule has 5 nitrogen and oxygen atoms in total. The summed E-state index contributed by atoms with van der Waals surface area (Å²) in [6.07, 6.45) is 0.716. The number of esters is 1. The number of ether oxygens (including phenoxy) is 1. The van der Waals surface area contributed by atoms with E-state index < -0.39 is 12.0 Å². The maximum absolute atomic E-state index is 12.3. The molecular weight excluding hydrogens is 388 g/mol. The lowest BCUT2D eigenvalue weighted by atomic mass is 10.1. The largest absolute Gasteiger partial charge is 0.457 e. The number of nitrogens with one attached hydrogen (secondary N) is 2. The van der Waals surface area contributed by atoms with Crippen molar-refractivity contribution in [3.8, 4) is 0 Å². The highest BCUT2D eigenvalue weighted by Crippen LogP contribution is 2.23. The van der Waals surface area contributed by atoms with Crippen molar-refractivity contribution in [3.05, 3.63) is 101 Å². The van der Waals surface area contributed by atoms with Crippen LogP contribution in [0.3, 0.4) is 0 Å². The van der Waals surface area contributed by atoms with Crippen LogP contribution in [-0.2, 0) is 17.8 Å². The minimum Gasteiger partial charge on any atom is -0.457 e. The lowest BCUT2D eigenvalue weighted by Crippen LogP contribution is -2.30. The second-order valence-electron chi connectivity index (χ2n) is 6.37. The fourth-order valence-corrected chi connectivity index (χ4v) is 2.85. The van der Waals surface area contributed by atoms with Crippen molar-refractivity contribution in [3.63, 3.8) is 0 Å². The minimum absolute atomic E-state index is 0.172. The van der Waals surface area contributed by atoms with Gasteiger partial charge in [-0.05, 0) is 35.7 Å². The highest BCUT2D eigenvalue weighted by molar-refractivity contribution is 6.33. The average molecular weight is 409 g/mol. The van der Waals surface area contributed by atoms with Crippen LogP contribution in [0.25, 0.3) is 0 Å². The summed E-state index contributed by atoms with van der Waals surface area (Å²) in [6, 6.07) is 23.5. The number of hydrogen-bond donors (Lipinski definition) is 2. The summed E-state index contributed by atoms with van der Waals surface area (Å²) in [5.41, 5.74) is 2.68. The molecule has 0 atom stereocenters. The number of anilines is 1. The van der Waals surface area contributed by atoms with Crippen LogP contribution in [0.4, 0.5) is 10.5 Å². The van der Waals surface area contributed by atoms with Crippen LogP contribution in [0.15, 0.2) is 78.9 Å². The zero-order valence-electron chi connectivity index (χ0n) is 15.7. The summed E-state index contributed by atoms with van der Waals surface area (Å²) in [5, 5.41) is 5.79. The van der Waals surface area contributed by atoms with E-state index in [1.807, 2.05) is 60.7 Å². The molecule has 0 spiro atoms. The molecule has 0 saturated carbocycles. The van der Waals surface area contributed by atoms with E-state index in [1.54, 1.807) is 12.1 Å². The molecule has 148 valence electrons. The summed E-state index contributed by atoms with van der Waals surface area (Å²) in [5.74, 6) is -0.488. The quantitative estimate of drug-likeness (QED) is 0.537. The first kappa shape index (κ1) is 20.4. The van der Waals surface area contributed by atoms with Crippen molar-refractivity contribution in [1.29, 1.82) is 0 Å². The third kappa shape index (κ3) is 6.36. The zero-order valence-corrected chi connectivity index (χ0v) is 16.5. The fourth-order valence-electron chi connectivity index (χ4n) is 2.69. The molecule has 3 aromatic carbocycles. The van der Waals surface area contributed by atoms with Crippen molar-refractivity contribution in [1.82, 2.24) is 5.32 Å². The maximum Gasteiger partial charge on any atom is 0.338 e. The molecule has 0 saturated heterocycles. The maximum atomic E-state index is 12.3. The zero-order chi connectivity index (χ0) is 20.5. The lowest BCUT2D eigenvalue weighted by molar-refractivity contribution is 0.0472. The van der Waals surface area contributed by atoms with E-state index in [0.717, 1.165) is 11.1 Å². The van der Waals surface area contributed by atoms with E-state index in [4.69, 9.17) is 16.3 Å². The standard InChI is InChI=1S/C23H21ClN2O3/c24-20-12-11-19(22(27)29-16-18-9-5-2-6-10-18)15-21(20)26-23(28)25-14-13-17-7-3-1-4-8-17/h1-12,15H,13-14,16H2,(H2,25,26,28). The second-order valence-corrected chi connectivity index (χ2v) is 6.78. The summed E-state index contributed by atoms with van der Waals surface area (Å²) in [7, 11) is 0. The molecule has 0 radical (unpaired) electrons. The first-order chi connectivity index (χ1) is 14.1. The van der Waals surface area contributed by atoms with Gasteiger partial charge in [0.15, 0.2) is 0 Å². The van der Waals surface area contributed by atoms with Gasteiger partial charge in [-0.2, -0.15) is 0 Å². The molecular formula is C23H21ClN2O3. The monoisotopic (exact) mass is 408 g/mol. The van der Waals surface area contributed by atoms with Gasteiger partial charge in [0.2, 0.25) is 0 Å². The molecule has 0 aliphatic carbocycles. The van der Waals surface area contributed by atoms with Crippen molar-refractivity contribution in [2.24, 2.45) is 0 Å². The molecule has 29 heavy (non-hydrogen) atoms. The third-order valence-corrected chi connectivity index (χ3v) is 4.53. The summed E-state index contributed by atoms with van der Waals surface area (Å²) < 4.78 is 5.32. The van der Waals surface area contributed by atoms with E-state index in [0.29, 0.717) is 29.2 Å². The number of halogens is 1. The van der Waals surface area contributed by atoms with Crippen molar-refractivity contribution in [2.75, 3.05) is 11.9 Å². The van der Waals surface area contributed by atoms with Crippen LogP contribution in [0.5, 0.6) is 0 Å². The minimum atomic E-state index is -0.488. The van der Waals surface area contributed by atoms with Gasteiger partial charge in [-0.1, -0.05) is 72.3 Å². The van der Waals surface area contributed by atoms with E-state index in [1.165, 1.54) is 6.07 Å². The third-order valence-electron chi connectivity index (χ3n) is 4.21. The molecule has 3 rings (SSSR count). The van der Waals surface area contributed by atoms with Crippen LogP contribution in [0, 0.1) is 0 Å². The molecule has 2 amide bonds. The van der Waals surface area contributed by atoms with Gasteiger partial charge >= 0.3 is 12.0 Å². The highest BCUT2D eigenvalue weighted by Gasteiger charge is 2.12. The van der Waals surface area contributed by atoms with Crippen molar-refractivity contribution >= 4 is 29.3 Å². The molecule has 0 bridgehead atoms. The first-order valence-electron chi connectivity index (χ1n) is 9.21. The van der Waals surface area contributed by atoms with Crippen molar-refractivity contribution < 1.29 is 14.3 Å². The van der Waals surface area contributed by atoms with E-state index in [9.17, 15) is 9.59 Å². The van der Waals surface area contributed by atoms with Gasteiger partial charge in [0.1, 0.15) is 6.61 Å². The van der Waals surface area contributed by atoms with Gasteiger partial charge in [0.25, 0.3) is 0 Å². The number of benzene rings is 3. The topological polar surface area (TPSA) is 67.4 Å². The van der Waals surface area contributed by atoms with Gasteiger partial charge in [-0.25, -0.2) is 9.59 Å². The van der Waals surface area contributed by atoms with E-state index >= 15 is 0 Å². The smallest absolute Gasteiger partial charge is 0.338 e. The number of carbonyl (C=O) groups excluding carboxylic acids is 2. The normalized spacial score (nSPS) is 10.2. The van der Waals surface area contributed by atoms with Gasteiger partial charge in [0, 0.05) is 6.54 Å². The molecule has 2 N–H and O–H groups in total. The van der Waals surface area contributed by atoms with Crippen LogP contribution in [0.1, 0.15) is 21.5 Å². The fraction of sp³-hybridized carbons (Fsp3) is 0.130. The van der Waals surface area contributed by atoms with Crippen molar-refractivity contribution in [2.45, 2.75) is 13.0 Å². The Kier molecular flexibility index (Phi) is 7.25. The Bertz CT molecular complexity index is 962. The Balaban J connectivity index is 1.53. The summed E-state index contributed by atoms with van der Waals surface area (Å²) in [6.45, 7) is 0.650. The van der Waals surface area contributed by atoms with Gasteiger partial charge in [-0.3, -0.25) is 0 Å². The summed E-state index contributed by atoms with van der Waals surface area (Å²) in [4.78, 5) is 24.5. The lowest BCUT2D eigenvalue weighted by Gasteiger charge is -2.11. The number of carbonyl (C=O) groups is 2. The molecule has 3 aromatic rings. The number of urea groups is 1. The second kappa shape index (κ2) is 10.3. The Hall–Kier alpha value is -3.31. The van der Waals surface area contributed by atoms with E-state index in [2.05, 4.69) is 10.6 Å². The number of rotatable bonds is 7. The SMILES string of the molecule is O=C(NCCc1ccccc1)Nc1cc(C(=O)OCc2ccccc2)ccc1Cl. The van der Waals surface area contributed by atoms with Gasteiger partial charge < -0.3 is 15.4 Å². The van der Waals surface area contributed by atoms with Crippen LogP contribution in [0.2, 0.25) is 5.02 Å². The molecule has 0 heterocycles. The Morgan fingerprint density at radius 1 is 0.862 bits per heavy atom. The average Bonchev–Trinajstić information content (AvgIpc) is 2.75. The highest BCUT2D eigenvalue weighted by atomic mass is 35.5. The Morgan fingerprint density at radius 2 is 1.52 bits per heavy atom. The van der Waals surface area contributed by atoms with E-state index in [-0.39, 0.29) is 6.61 Å². The Morgan fingerprint density at radius 3 is 2.21 bits per heavy atom. The molecule has 0 aliphatic rings. The van der Waals surface area contributed by atoms with Crippen LogP contribution in [-0.4, -0.2) is 18.5 Å². The van der Waals surface area contributed by atoms with Gasteiger partial charge in [-0.15, -0.1) is 0 Å². The van der Waals surface area contributed by atoms with Gasteiger partial charge in [0.05, 0.1) is 16.3 Å². The van der Waals surface area contributed by atoms with Crippen LogP contribution < -0.4 is 10.6 Å². The van der Waals surface area contributed by atoms with Crippen LogP contribution >= 0.6 is 11.6 Å². The molecule has 0 aliphatic heterocycles. The Labute approximate surface area is 174 Å². The molecule has 0 fully saturated rings. The summed E-state index contributed by atoms with van der Waals surface area (Å²) >= 11 is 6.15. The first-order valence-corrected chi connectivity index (χ1v) is 9.59.